The Bertz CT molecular complexity index is 1220. The molecule has 2 heterocycles. The van der Waals surface area contributed by atoms with Crippen LogP contribution < -0.4 is 20.8 Å². The molecule has 4 rings (SSSR count). The largest absolute Gasteiger partial charge is 0.377 e. The smallest absolute Gasteiger partial charge is 0.279 e. The average molecular weight is 626 g/mol. The molecule has 2 aromatic carbocycles. The van der Waals surface area contributed by atoms with Gasteiger partial charge >= 0.3 is 0 Å². The molecule has 0 aliphatic carbocycles. The van der Waals surface area contributed by atoms with Gasteiger partial charge < -0.3 is 23.3 Å². The zero-order valence-electron chi connectivity index (χ0n) is 25.2. The van der Waals surface area contributed by atoms with Crippen molar-refractivity contribution in [1.29, 1.82) is 0 Å². The van der Waals surface area contributed by atoms with E-state index in [0.717, 1.165) is 10.6 Å². The lowest BCUT2D eigenvalue weighted by molar-refractivity contribution is 0.00524. The van der Waals surface area contributed by atoms with Crippen molar-refractivity contribution < 1.29 is 23.3 Å². The second-order valence-corrected chi connectivity index (χ2v) is 19.4. The molecule has 2 aliphatic rings. The Morgan fingerprint density at radius 1 is 0.512 bits per heavy atom. The van der Waals surface area contributed by atoms with E-state index >= 15 is 0 Å². The molecule has 2 aliphatic heterocycles. The minimum atomic E-state index is -3.10. The van der Waals surface area contributed by atoms with Crippen LogP contribution in [0.4, 0.5) is 0 Å². The average Bonchev–Trinajstić information content (AvgIpc) is 2.89. The van der Waals surface area contributed by atoms with Crippen LogP contribution in [0.2, 0.25) is 0 Å². The number of nitrogens with zero attached hydrogens (tertiary/aromatic N) is 3. The van der Waals surface area contributed by atoms with Crippen LogP contribution in [0.5, 0.6) is 0 Å². The van der Waals surface area contributed by atoms with Gasteiger partial charge in [-0.15, -0.1) is 0 Å². The lowest BCUT2D eigenvalue weighted by Gasteiger charge is -2.40. The Morgan fingerprint density at radius 2 is 0.878 bits per heavy atom. The molecule has 2 bridgehead atoms. The van der Waals surface area contributed by atoms with E-state index < -0.39 is 22.4 Å². The first-order valence-corrected chi connectivity index (χ1v) is 19.0. The van der Waals surface area contributed by atoms with Gasteiger partial charge in [-0.3, -0.25) is 0 Å². The van der Waals surface area contributed by atoms with Crippen molar-refractivity contribution in [2.24, 2.45) is 13.5 Å². The summed E-state index contributed by atoms with van der Waals surface area (Å²) >= 11 is 0. The van der Waals surface area contributed by atoms with Crippen molar-refractivity contribution in [3.63, 3.8) is 0 Å². The maximum Gasteiger partial charge on any atom is 0.279 e. The van der Waals surface area contributed by atoms with Gasteiger partial charge in [-0.2, -0.15) is 13.5 Å². The van der Waals surface area contributed by atoms with E-state index in [1.54, 1.807) is 0 Å². The van der Waals surface area contributed by atoms with Crippen LogP contribution in [0.25, 0.3) is 0 Å². The van der Waals surface area contributed by atoms with Gasteiger partial charge in [-0.1, -0.05) is 60.7 Å². The van der Waals surface area contributed by atoms with Gasteiger partial charge in [0.05, 0.1) is 52.9 Å². The number of hydrogen-bond acceptors (Lipinski definition) is 10. The molecule has 228 valence electrons. The molecule has 0 amide bonds. The summed E-state index contributed by atoms with van der Waals surface area (Å²) in [5.41, 5.74) is -0.728. The lowest BCUT2D eigenvalue weighted by atomic mass is 10.1. The maximum atomic E-state index is 6.76. The lowest BCUT2D eigenvalue weighted by Crippen LogP contribution is -2.37. The molecule has 0 radical (unpaired) electrons. The summed E-state index contributed by atoms with van der Waals surface area (Å²) in [6.07, 6.45) is 0. The SMILES string of the molecule is CC(C)(C)N[P@@]12=N[P@@](NC(C)(C)C)(=NP(c3ccccc3)(c3ccccc3)=N1)OCCOCCOCCOCCO2. The fourth-order valence-electron chi connectivity index (χ4n) is 4.32. The fourth-order valence-corrected chi connectivity index (χ4v) is 17.0. The van der Waals surface area contributed by atoms with Crippen LogP contribution in [0, 0.1) is 0 Å². The first-order valence-electron chi connectivity index (χ1n) is 14.1. The second kappa shape index (κ2) is 14.1. The number of ether oxygens (including phenoxy) is 3. The highest BCUT2D eigenvalue weighted by Crippen LogP contribution is 2.76. The molecule has 0 saturated carbocycles. The Labute approximate surface area is 245 Å². The minimum Gasteiger partial charge on any atom is -0.377 e. The normalized spacial score (nSPS) is 26.7. The van der Waals surface area contributed by atoms with Crippen LogP contribution in [0.15, 0.2) is 74.2 Å². The van der Waals surface area contributed by atoms with Crippen LogP contribution in [0.1, 0.15) is 41.5 Å². The molecule has 2 aromatic rings. The van der Waals surface area contributed by atoms with E-state index in [4.69, 9.17) is 36.8 Å². The number of nitrogens with one attached hydrogen (secondary N) is 2. The van der Waals surface area contributed by atoms with Crippen LogP contribution in [-0.2, 0) is 23.3 Å². The molecule has 0 fully saturated rings. The number of fused-ring (bicyclic) bond motifs is 1. The van der Waals surface area contributed by atoms with Gasteiger partial charge in [0.2, 0.25) is 0 Å². The molecule has 0 spiro atoms. The molecular weight excluding hydrogens is 579 g/mol. The molecule has 10 nitrogen and oxygen atoms in total. The Morgan fingerprint density at radius 3 is 1.27 bits per heavy atom. The van der Waals surface area contributed by atoms with Crippen molar-refractivity contribution in [3.05, 3.63) is 60.7 Å². The summed E-state index contributed by atoms with van der Waals surface area (Å²) < 4.78 is 47.5. The Hall–Kier alpha value is -1.15. The number of hydrogen-bond donors (Lipinski definition) is 2. The molecule has 2 atom stereocenters. The van der Waals surface area contributed by atoms with Crippen molar-refractivity contribution in [1.82, 2.24) is 10.2 Å². The Balaban J connectivity index is 2.04. The predicted molar refractivity (Wildman–Crippen MR) is 170 cm³/mol. The summed E-state index contributed by atoms with van der Waals surface area (Å²) in [4.78, 5) is 0. The van der Waals surface area contributed by atoms with Crippen molar-refractivity contribution >= 4 is 33.0 Å². The van der Waals surface area contributed by atoms with Crippen LogP contribution in [-0.4, -0.2) is 63.9 Å². The highest BCUT2D eigenvalue weighted by atomic mass is 31.3. The van der Waals surface area contributed by atoms with E-state index in [0.29, 0.717) is 52.9 Å². The monoisotopic (exact) mass is 625 g/mol. The van der Waals surface area contributed by atoms with Gasteiger partial charge in [-0.05, 0) is 41.5 Å². The molecule has 13 heteroatoms. The quantitative estimate of drug-likeness (QED) is 0.372. The molecule has 41 heavy (non-hydrogen) atoms. The third-order valence-electron chi connectivity index (χ3n) is 5.68. The van der Waals surface area contributed by atoms with E-state index in [-0.39, 0.29) is 11.1 Å². The molecule has 0 saturated heterocycles. The second-order valence-electron chi connectivity index (χ2n) is 11.9. The van der Waals surface area contributed by atoms with Gasteiger partial charge in [0, 0.05) is 21.7 Å². The van der Waals surface area contributed by atoms with E-state index in [9.17, 15) is 0 Å². The molecule has 0 unspecified atom stereocenters. The zero-order valence-corrected chi connectivity index (χ0v) is 27.8. The van der Waals surface area contributed by atoms with E-state index in [2.05, 4.69) is 76.0 Å². The van der Waals surface area contributed by atoms with Crippen molar-refractivity contribution in [2.75, 3.05) is 52.9 Å². The first kappa shape index (κ1) is 32.8. The van der Waals surface area contributed by atoms with Gasteiger partial charge in [0.1, 0.15) is 7.21 Å². The first-order chi connectivity index (χ1) is 19.5. The van der Waals surface area contributed by atoms with Crippen molar-refractivity contribution in [2.45, 2.75) is 52.6 Å². The third kappa shape index (κ3) is 9.42. The van der Waals surface area contributed by atoms with E-state index in [1.807, 2.05) is 36.4 Å². The van der Waals surface area contributed by atoms with Gasteiger partial charge in [0.25, 0.3) is 15.2 Å². The highest BCUT2D eigenvalue weighted by Gasteiger charge is 2.43. The summed E-state index contributed by atoms with van der Waals surface area (Å²) in [7, 11) is -9.03. The van der Waals surface area contributed by atoms with Gasteiger partial charge in [0.15, 0.2) is 0 Å². The standard InChI is InChI=1S/C28H46N5O5P3/c1-27(2,3)29-40-31-39(25-13-9-7-10-14-25,26-15-11-8-12-16-26)32-41(33-40,30-28(4,5)6)38-24-22-36-20-18-34-17-19-35-21-23-37-40/h7-16,29-30H,17-24H2,1-6H3/t40-,41+. The molecular formula is C28H46N5O5P3. The molecule has 2 N–H and O–H groups in total. The van der Waals surface area contributed by atoms with Crippen LogP contribution >= 0.6 is 22.4 Å². The maximum absolute atomic E-state index is 6.76. The summed E-state index contributed by atoms with van der Waals surface area (Å²) in [5.74, 6) is 0. The van der Waals surface area contributed by atoms with Crippen LogP contribution in [0.3, 0.4) is 0 Å². The highest BCUT2D eigenvalue weighted by molar-refractivity contribution is 7.90. The molecule has 0 aromatic heterocycles. The third-order valence-corrected chi connectivity index (χ3v) is 16.7. The fraction of sp³-hybridized carbons (Fsp3) is 0.571. The summed E-state index contributed by atoms with van der Waals surface area (Å²) in [5, 5.41) is 9.50. The van der Waals surface area contributed by atoms with Gasteiger partial charge in [-0.25, -0.2) is 10.2 Å². The minimum absolute atomic E-state index is 0.312. The summed E-state index contributed by atoms with van der Waals surface area (Å²) in [6, 6.07) is 20.6. The Kier molecular flexibility index (Phi) is 11.3. The predicted octanol–water partition coefficient (Wildman–Crippen LogP) is 6.53. The number of rotatable bonds is 4. The zero-order chi connectivity index (χ0) is 29.5. The summed E-state index contributed by atoms with van der Waals surface area (Å²) in [6.45, 7) is 16.0. The topological polar surface area (TPSA) is 107 Å². The van der Waals surface area contributed by atoms with Crippen molar-refractivity contribution in [3.8, 4) is 0 Å². The van der Waals surface area contributed by atoms with E-state index in [1.165, 1.54) is 0 Å². The number of benzene rings is 2.